The molecule has 136 valence electrons. The summed E-state index contributed by atoms with van der Waals surface area (Å²) in [6.07, 6.45) is 1.27. The van der Waals surface area contributed by atoms with E-state index in [1.54, 1.807) is 14.2 Å². The molecule has 1 aromatic rings. The van der Waals surface area contributed by atoms with E-state index in [-0.39, 0.29) is 18.3 Å². The molecule has 0 bridgehead atoms. The van der Waals surface area contributed by atoms with Crippen molar-refractivity contribution < 1.29 is 14.3 Å². The number of rotatable bonds is 8. The van der Waals surface area contributed by atoms with Gasteiger partial charge in [-0.15, -0.1) is 12.4 Å². The summed E-state index contributed by atoms with van der Waals surface area (Å²) in [5.41, 5.74) is 0.839. The molecule has 7 heteroatoms. The minimum Gasteiger partial charge on any atom is -0.497 e. The van der Waals surface area contributed by atoms with E-state index < -0.39 is 0 Å². The Bertz CT molecular complexity index is 508. The van der Waals surface area contributed by atoms with E-state index in [0.29, 0.717) is 18.7 Å². The maximum atomic E-state index is 12.1. The van der Waals surface area contributed by atoms with Crippen LogP contribution in [0.15, 0.2) is 18.2 Å². The summed E-state index contributed by atoms with van der Waals surface area (Å²) in [6.45, 7) is 6.04. The number of benzene rings is 1. The first-order valence-corrected chi connectivity index (χ1v) is 8.13. The van der Waals surface area contributed by atoms with E-state index in [9.17, 15) is 4.79 Å². The number of carbonyl (C=O) groups is 1. The van der Waals surface area contributed by atoms with Gasteiger partial charge in [-0.25, -0.2) is 0 Å². The van der Waals surface area contributed by atoms with Gasteiger partial charge in [0.1, 0.15) is 11.5 Å². The summed E-state index contributed by atoms with van der Waals surface area (Å²) in [7, 11) is 3.22. The lowest BCUT2D eigenvalue weighted by Gasteiger charge is -2.27. The second-order valence-corrected chi connectivity index (χ2v) is 5.65. The van der Waals surface area contributed by atoms with Gasteiger partial charge in [-0.05, 0) is 31.2 Å². The number of amides is 1. The normalized spacial score (nSPS) is 14.6. The lowest BCUT2D eigenvalue weighted by molar-refractivity contribution is -0.120. The average Bonchev–Trinajstić information content (AvgIpc) is 2.59. The fourth-order valence-corrected chi connectivity index (χ4v) is 2.72. The molecule has 24 heavy (non-hydrogen) atoms. The van der Waals surface area contributed by atoms with E-state index in [1.807, 2.05) is 18.2 Å². The highest BCUT2D eigenvalue weighted by Gasteiger charge is 2.11. The highest BCUT2D eigenvalue weighted by Crippen LogP contribution is 2.24. The predicted molar refractivity (Wildman–Crippen MR) is 97.4 cm³/mol. The van der Waals surface area contributed by atoms with Crippen LogP contribution < -0.4 is 20.1 Å². The monoisotopic (exact) mass is 357 g/mol. The fraction of sp³-hybridized carbons (Fsp3) is 0.588. The molecule has 0 unspecified atom stereocenters. The molecular formula is C17H28ClN3O3. The molecule has 0 aliphatic carbocycles. The number of methoxy groups -OCH3 is 2. The highest BCUT2D eigenvalue weighted by molar-refractivity contribution is 5.85. The van der Waals surface area contributed by atoms with Gasteiger partial charge in [-0.1, -0.05) is 0 Å². The Morgan fingerprint density at radius 3 is 2.67 bits per heavy atom. The van der Waals surface area contributed by atoms with Crippen LogP contribution in [0.25, 0.3) is 0 Å². The van der Waals surface area contributed by atoms with Crippen molar-refractivity contribution >= 4 is 18.3 Å². The number of nitrogens with zero attached hydrogens (tertiary/aromatic N) is 1. The number of nitrogens with one attached hydrogen (secondary N) is 2. The van der Waals surface area contributed by atoms with Crippen molar-refractivity contribution in [2.24, 2.45) is 0 Å². The number of halogens is 1. The Labute approximate surface area is 150 Å². The molecular weight excluding hydrogens is 330 g/mol. The zero-order valence-corrected chi connectivity index (χ0v) is 15.3. The molecule has 0 radical (unpaired) electrons. The molecule has 1 aliphatic rings. The van der Waals surface area contributed by atoms with Crippen LogP contribution in [0.5, 0.6) is 11.5 Å². The van der Waals surface area contributed by atoms with Crippen LogP contribution in [0.3, 0.4) is 0 Å². The van der Waals surface area contributed by atoms with Crippen LogP contribution in [-0.4, -0.2) is 64.3 Å². The van der Waals surface area contributed by atoms with Crippen molar-refractivity contribution in [3.63, 3.8) is 0 Å². The summed E-state index contributed by atoms with van der Waals surface area (Å²) in [5, 5.41) is 6.32. The molecule has 2 rings (SSSR count). The molecule has 2 N–H and O–H groups in total. The average molecular weight is 358 g/mol. The molecule has 1 amide bonds. The summed E-state index contributed by atoms with van der Waals surface area (Å²) in [6, 6.07) is 5.50. The van der Waals surface area contributed by atoms with Gasteiger partial charge < -0.3 is 25.0 Å². The molecule has 0 aromatic heterocycles. The number of piperazine rings is 1. The zero-order chi connectivity index (χ0) is 16.5. The first-order chi connectivity index (χ1) is 11.2. The quantitative estimate of drug-likeness (QED) is 0.682. The van der Waals surface area contributed by atoms with Crippen LogP contribution in [0.1, 0.15) is 12.0 Å². The van der Waals surface area contributed by atoms with Crippen molar-refractivity contribution in [2.75, 3.05) is 53.5 Å². The molecule has 1 heterocycles. The van der Waals surface area contributed by atoms with Gasteiger partial charge >= 0.3 is 0 Å². The van der Waals surface area contributed by atoms with Crippen LogP contribution in [0, 0.1) is 0 Å². The number of ether oxygens (including phenoxy) is 2. The van der Waals surface area contributed by atoms with Gasteiger partial charge in [0.05, 0.1) is 20.6 Å². The van der Waals surface area contributed by atoms with Crippen LogP contribution in [0.2, 0.25) is 0 Å². The second-order valence-electron chi connectivity index (χ2n) is 5.65. The molecule has 6 nitrogen and oxygen atoms in total. The first-order valence-electron chi connectivity index (χ1n) is 8.13. The lowest BCUT2D eigenvalue weighted by atomic mass is 10.1. The van der Waals surface area contributed by atoms with Gasteiger partial charge in [0, 0.05) is 38.3 Å². The van der Waals surface area contributed by atoms with E-state index in [2.05, 4.69) is 15.5 Å². The molecule has 1 fully saturated rings. The topological polar surface area (TPSA) is 62.8 Å². The maximum Gasteiger partial charge on any atom is 0.224 e. The Kier molecular flexibility index (Phi) is 9.52. The smallest absolute Gasteiger partial charge is 0.224 e. The van der Waals surface area contributed by atoms with Crippen LogP contribution in [-0.2, 0) is 11.2 Å². The van der Waals surface area contributed by atoms with Crippen molar-refractivity contribution in [3.05, 3.63) is 23.8 Å². The van der Waals surface area contributed by atoms with Crippen molar-refractivity contribution in [2.45, 2.75) is 12.8 Å². The number of hydrogen-bond donors (Lipinski definition) is 2. The van der Waals surface area contributed by atoms with Crippen LogP contribution >= 0.6 is 12.4 Å². The van der Waals surface area contributed by atoms with E-state index in [0.717, 1.165) is 50.5 Å². The Balaban J connectivity index is 0.00000288. The van der Waals surface area contributed by atoms with Gasteiger partial charge in [-0.3, -0.25) is 4.79 Å². The van der Waals surface area contributed by atoms with E-state index >= 15 is 0 Å². The number of hydrogen-bond acceptors (Lipinski definition) is 5. The lowest BCUT2D eigenvalue weighted by Crippen LogP contribution is -2.44. The molecule has 1 aromatic carbocycles. The van der Waals surface area contributed by atoms with Crippen molar-refractivity contribution in [3.8, 4) is 11.5 Å². The minimum absolute atomic E-state index is 0. The van der Waals surface area contributed by atoms with Crippen molar-refractivity contribution in [1.29, 1.82) is 0 Å². The van der Waals surface area contributed by atoms with Crippen LogP contribution in [0.4, 0.5) is 0 Å². The molecule has 0 saturated carbocycles. The third-order valence-electron chi connectivity index (χ3n) is 4.02. The van der Waals surface area contributed by atoms with E-state index in [4.69, 9.17) is 9.47 Å². The summed E-state index contributed by atoms with van der Waals surface area (Å²) >= 11 is 0. The minimum atomic E-state index is 0. The molecule has 1 aliphatic heterocycles. The Morgan fingerprint density at radius 2 is 2.00 bits per heavy atom. The largest absolute Gasteiger partial charge is 0.497 e. The second kappa shape index (κ2) is 11.1. The standard InChI is InChI=1S/C17H27N3O3.ClH/c1-22-15-4-5-16(23-2)14(12-15)13-17(21)19-6-3-9-20-10-7-18-8-11-20;/h4-5,12,18H,3,6-11,13H2,1-2H3,(H,19,21);1H. The fourth-order valence-electron chi connectivity index (χ4n) is 2.72. The third kappa shape index (κ3) is 6.55. The summed E-state index contributed by atoms with van der Waals surface area (Å²) in [4.78, 5) is 14.5. The summed E-state index contributed by atoms with van der Waals surface area (Å²) in [5.74, 6) is 1.45. The molecule has 0 spiro atoms. The Hall–Kier alpha value is -1.50. The SMILES string of the molecule is COc1ccc(OC)c(CC(=O)NCCCN2CCNCC2)c1.Cl. The van der Waals surface area contributed by atoms with Gasteiger partial charge in [0.25, 0.3) is 0 Å². The zero-order valence-electron chi connectivity index (χ0n) is 14.5. The van der Waals surface area contributed by atoms with Crippen molar-refractivity contribution in [1.82, 2.24) is 15.5 Å². The molecule has 1 saturated heterocycles. The third-order valence-corrected chi connectivity index (χ3v) is 4.02. The van der Waals surface area contributed by atoms with Gasteiger partial charge in [0.15, 0.2) is 0 Å². The maximum absolute atomic E-state index is 12.1. The first kappa shape index (κ1) is 20.5. The predicted octanol–water partition coefficient (Wildman–Crippen LogP) is 1.08. The van der Waals surface area contributed by atoms with Gasteiger partial charge in [0.2, 0.25) is 5.91 Å². The molecule has 0 atom stereocenters. The summed E-state index contributed by atoms with van der Waals surface area (Å²) < 4.78 is 10.5. The highest BCUT2D eigenvalue weighted by atomic mass is 35.5. The Morgan fingerprint density at radius 1 is 1.25 bits per heavy atom. The van der Waals surface area contributed by atoms with E-state index in [1.165, 1.54) is 0 Å². The van der Waals surface area contributed by atoms with Gasteiger partial charge in [-0.2, -0.15) is 0 Å². The number of carbonyl (C=O) groups excluding carboxylic acids is 1.